The van der Waals surface area contributed by atoms with Gasteiger partial charge in [-0.2, -0.15) is 0 Å². The minimum Gasteiger partial charge on any atom is -0.380 e. The van der Waals surface area contributed by atoms with Gasteiger partial charge in [-0.15, -0.1) is 0 Å². The van der Waals surface area contributed by atoms with Gasteiger partial charge in [0.1, 0.15) is 0 Å². The lowest BCUT2D eigenvalue weighted by molar-refractivity contribution is -0.118. The molecule has 1 amide bonds. The topological polar surface area (TPSA) is 54.5 Å². The number of carbonyl (C=O) groups is 1. The van der Waals surface area contributed by atoms with Gasteiger partial charge < -0.3 is 10.1 Å². The number of rotatable bonds is 7. The second kappa shape index (κ2) is 11.0. The first-order chi connectivity index (χ1) is 17.0. The van der Waals surface area contributed by atoms with E-state index in [-0.39, 0.29) is 18.1 Å². The summed E-state index contributed by atoms with van der Waals surface area (Å²) in [6.07, 6.45) is 4.99. The van der Waals surface area contributed by atoms with Crippen LogP contribution in [0, 0.1) is 13.8 Å². The van der Waals surface area contributed by atoms with Crippen molar-refractivity contribution in [1.29, 1.82) is 0 Å². The minimum absolute atomic E-state index is 0.0588. The van der Waals surface area contributed by atoms with Crippen LogP contribution in [0.3, 0.4) is 0 Å². The number of benzene rings is 2. The van der Waals surface area contributed by atoms with Crippen LogP contribution in [0.2, 0.25) is 0 Å². The summed E-state index contributed by atoms with van der Waals surface area (Å²) in [6.45, 7) is 10.1. The van der Waals surface area contributed by atoms with Crippen molar-refractivity contribution in [2.24, 2.45) is 0 Å². The Kier molecular flexibility index (Phi) is 8.05. The maximum absolute atomic E-state index is 13.3. The fourth-order valence-electron chi connectivity index (χ4n) is 4.87. The molecule has 2 aromatic carbocycles. The Labute approximate surface area is 213 Å². The number of methoxy groups -OCH3 is 1. The fourth-order valence-corrected chi connectivity index (χ4v) is 5.84. The van der Waals surface area contributed by atoms with E-state index in [1.807, 2.05) is 26.1 Å². The van der Waals surface area contributed by atoms with Crippen LogP contribution in [-0.2, 0) is 14.9 Å². The molecule has 5 rings (SSSR count). The first-order valence-corrected chi connectivity index (χ1v) is 13.5. The Balaban J connectivity index is 0.00000141. The largest absolute Gasteiger partial charge is 0.380 e. The normalized spacial score (nSPS) is 19.5. The lowest BCUT2D eigenvalue weighted by atomic mass is 9.92. The Morgan fingerprint density at radius 1 is 1.14 bits per heavy atom. The third kappa shape index (κ3) is 5.35. The zero-order chi connectivity index (χ0) is 25.0. The molecular formula is C29H37N3O2S. The lowest BCUT2D eigenvalue weighted by Crippen LogP contribution is -2.28. The number of aromatic nitrogens is 1. The number of hydrogen-bond acceptors (Lipinski definition) is 5. The van der Waals surface area contributed by atoms with E-state index in [1.54, 1.807) is 18.4 Å². The van der Waals surface area contributed by atoms with E-state index in [4.69, 9.17) is 4.74 Å². The van der Waals surface area contributed by atoms with Gasteiger partial charge in [0, 0.05) is 31.3 Å². The molecule has 5 nitrogen and oxygen atoms in total. The number of thiazole rings is 1. The number of amides is 1. The van der Waals surface area contributed by atoms with Crippen molar-refractivity contribution in [3.8, 4) is 0 Å². The summed E-state index contributed by atoms with van der Waals surface area (Å²) in [7, 11) is 1.79. The number of aryl methyl sites for hydroxylation is 2. The molecule has 0 spiro atoms. The van der Waals surface area contributed by atoms with E-state index >= 15 is 0 Å². The van der Waals surface area contributed by atoms with Crippen LogP contribution in [0.1, 0.15) is 66.3 Å². The van der Waals surface area contributed by atoms with Crippen LogP contribution >= 0.6 is 11.3 Å². The molecule has 1 saturated heterocycles. The monoisotopic (exact) mass is 491 g/mol. The highest BCUT2D eigenvalue weighted by Gasteiger charge is 2.51. The third-order valence-corrected chi connectivity index (χ3v) is 8.21. The zero-order valence-corrected chi connectivity index (χ0v) is 22.3. The van der Waals surface area contributed by atoms with Crippen LogP contribution in [0.25, 0.3) is 0 Å². The SMILES string of the molecule is CC.CO[C@@H]1CCN([C@@H](c2ccccc2)c2cnc(NC(=O)C3(c4ccc(C)c(C)c4)CC3)s2)C1. The molecule has 1 saturated carbocycles. The summed E-state index contributed by atoms with van der Waals surface area (Å²) < 4.78 is 5.61. The Hall–Kier alpha value is -2.54. The molecule has 0 bridgehead atoms. The molecular weight excluding hydrogens is 454 g/mol. The molecule has 2 atom stereocenters. The summed E-state index contributed by atoms with van der Waals surface area (Å²) in [5.74, 6) is 0.0588. The summed E-state index contributed by atoms with van der Waals surface area (Å²) in [4.78, 5) is 21.5. The number of likely N-dealkylation sites (tertiary alicyclic amines) is 1. The van der Waals surface area contributed by atoms with Gasteiger partial charge in [-0.05, 0) is 55.4 Å². The van der Waals surface area contributed by atoms with Gasteiger partial charge in [-0.3, -0.25) is 9.69 Å². The lowest BCUT2D eigenvalue weighted by Gasteiger charge is -2.27. The molecule has 2 heterocycles. The van der Waals surface area contributed by atoms with Gasteiger partial charge in [0.2, 0.25) is 5.91 Å². The Morgan fingerprint density at radius 3 is 2.51 bits per heavy atom. The highest BCUT2D eigenvalue weighted by Crippen LogP contribution is 2.49. The summed E-state index contributed by atoms with van der Waals surface area (Å²) in [5, 5.41) is 3.81. The quantitative estimate of drug-likeness (QED) is 0.423. The maximum Gasteiger partial charge on any atom is 0.236 e. The number of anilines is 1. The molecule has 35 heavy (non-hydrogen) atoms. The van der Waals surface area contributed by atoms with Crippen LogP contribution < -0.4 is 5.32 Å². The fraction of sp³-hybridized carbons (Fsp3) is 0.448. The second-order valence-corrected chi connectivity index (χ2v) is 10.4. The van der Waals surface area contributed by atoms with E-state index in [2.05, 4.69) is 71.5 Å². The van der Waals surface area contributed by atoms with Crippen molar-refractivity contribution in [1.82, 2.24) is 9.88 Å². The predicted molar refractivity (Wildman–Crippen MR) is 144 cm³/mol. The van der Waals surface area contributed by atoms with Gasteiger partial charge in [0.15, 0.2) is 5.13 Å². The molecule has 1 N–H and O–H groups in total. The molecule has 2 fully saturated rings. The van der Waals surface area contributed by atoms with Crippen LogP contribution in [0.5, 0.6) is 0 Å². The summed E-state index contributed by atoms with van der Waals surface area (Å²) in [6, 6.07) is 17.0. The number of nitrogens with one attached hydrogen (secondary N) is 1. The standard InChI is InChI=1S/C27H31N3O2S.C2H6/c1-18-9-10-21(15-19(18)2)27(12-13-27)25(31)29-26-28-16-23(33-26)24(20-7-5-4-6-8-20)30-14-11-22(17-30)32-3;1-2/h4-10,15-16,22,24H,11-14,17H2,1-3H3,(H,28,29,31);1-2H3/t22-,24+;/m1./s1. The molecule has 1 aliphatic carbocycles. The number of hydrogen-bond donors (Lipinski definition) is 1. The van der Waals surface area contributed by atoms with Crippen molar-refractivity contribution in [2.45, 2.75) is 64.5 Å². The summed E-state index contributed by atoms with van der Waals surface area (Å²) in [5.41, 5.74) is 4.43. The predicted octanol–water partition coefficient (Wildman–Crippen LogP) is 6.27. The van der Waals surface area contributed by atoms with Gasteiger partial charge >= 0.3 is 0 Å². The molecule has 186 valence electrons. The highest BCUT2D eigenvalue weighted by molar-refractivity contribution is 7.15. The smallest absolute Gasteiger partial charge is 0.236 e. The third-order valence-electron chi connectivity index (χ3n) is 7.25. The van der Waals surface area contributed by atoms with Gasteiger partial charge in [-0.1, -0.05) is 73.7 Å². The molecule has 1 aliphatic heterocycles. The first kappa shape index (κ1) is 25.5. The number of nitrogens with zero attached hydrogens (tertiary/aromatic N) is 2. The van der Waals surface area contributed by atoms with Gasteiger partial charge in [0.05, 0.1) is 17.6 Å². The van der Waals surface area contributed by atoms with E-state index in [0.29, 0.717) is 5.13 Å². The average Bonchev–Trinajstić information content (AvgIpc) is 3.36. The zero-order valence-electron chi connectivity index (χ0n) is 21.5. The van der Waals surface area contributed by atoms with E-state index < -0.39 is 5.41 Å². The van der Waals surface area contributed by atoms with Gasteiger partial charge in [-0.25, -0.2) is 4.98 Å². The Bertz CT molecular complexity index is 1140. The van der Waals surface area contributed by atoms with E-state index in [0.717, 1.165) is 42.8 Å². The van der Waals surface area contributed by atoms with Crippen LogP contribution in [0.15, 0.2) is 54.7 Å². The maximum atomic E-state index is 13.3. The molecule has 3 aromatic rings. The molecule has 1 aromatic heterocycles. The second-order valence-electron chi connectivity index (χ2n) is 9.36. The molecule has 0 unspecified atom stereocenters. The van der Waals surface area contributed by atoms with E-state index in [1.165, 1.54) is 16.7 Å². The first-order valence-electron chi connectivity index (χ1n) is 12.7. The summed E-state index contributed by atoms with van der Waals surface area (Å²) >= 11 is 1.58. The van der Waals surface area contributed by atoms with Crippen LogP contribution in [0.4, 0.5) is 5.13 Å². The molecule has 2 aliphatic rings. The minimum atomic E-state index is -0.413. The molecule has 6 heteroatoms. The van der Waals surface area contributed by atoms with Crippen molar-refractivity contribution in [2.75, 3.05) is 25.5 Å². The molecule has 0 radical (unpaired) electrons. The highest BCUT2D eigenvalue weighted by atomic mass is 32.1. The number of carbonyl (C=O) groups excluding carboxylic acids is 1. The van der Waals surface area contributed by atoms with Crippen LogP contribution in [-0.4, -0.2) is 42.1 Å². The number of ether oxygens (including phenoxy) is 1. The van der Waals surface area contributed by atoms with Crippen molar-refractivity contribution < 1.29 is 9.53 Å². The van der Waals surface area contributed by atoms with Crippen molar-refractivity contribution in [3.63, 3.8) is 0 Å². The van der Waals surface area contributed by atoms with Crippen molar-refractivity contribution >= 4 is 22.4 Å². The Morgan fingerprint density at radius 2 is 1.89 bits per heavy atom. The van der Waals surface area contributed by atoms with E-state index in [9.17, 15) is 4.79 Å². The average molecular weight is 492 g/mol. The van der Waals surface area contributed by atoms with Crippen molar-refractivity contribution in [3.05, 3.63) is 81.9 Å². The van der Waals surface area contributed by atoms with Gasteiger partial charge in [0.25, 0.3) is 0 Å².